The number of aromatic amines is 1. The summed E-state index contributed by atoms with van der Waals surface area (Å²) in [6.07, 6.45) is 4.21. The number of alkyl halides is 3. The number of H-pyrrole nitrogens is 1. The van der Waals surface area contributed by atoms with Gasteiger partial charge < -0.3 is 9.53 Å². The van der Waals surface area contributed by atoms with Gasteiger partial charge in [0.25, 0.3) is 0 Å². The number of carbonyl (C=O) groups excluding carboxylic acids is 1. The van der Waals surface area contributed by atoms with E-state index in [0.717, 1.165) is 54.5 Å². The van der Waals surface area contributed by atoms with Crippen molar-refractivity contribution in [2.75, 3.05) is 0 Å². The first-order valence-electron chi connectivity index (χ1n) is 12.0. The van der Waals surface area contributed by atoms with E-state index >= 15 is 0 Å². The van der Waals surface area contributed by atoms with Gasteiger partial charge in [0.05, 0.1) is 17.5 Å². The van der Waals surface area contributed by atoms with Gasteiger partial charge in [-0.2, -0.15) is 18.3 Å². The van der Waals surface area contributed by atoms with E-state index < -0.39 is 17.3 Å². The number of aromatic nitrogens is 2. The van der Waals surface area contributed by atoms with Crippen molar-refractivity contribution in [3.05, 3.63) is 70.9 Å². The molecule has 0 radical (unpaired) electrons. The minimum Gasteiger partial charge on any atom is -0.489 e. The number of halogens is 3. The van der Waals surface area contributed by atoms with Crippen LogP contribution in [0.5, 0.6) is 5.75 Å². The normalized spacial score (nSPS) is 21.1. The number of carbonyl (C=O) groups is 1. The van der Waals surface area contributed by atoms with Crippen LogP contribution in [0.3, 0.4) is 0 Å². The highest BCUT2D eigenvalue weighted by atomic mass is 19.4. The molecule has 1 fully saturated rings. The van der Waals surface area contributed by atoms with Crippen LogP contribution in [0.15, 0.2) is 48.7 Å². The Kier molecular flexibility index (Phi) is 6.17. The molecule has 1 atom stereocenters. The number of hydrogen-bond acceptors (Lipinski definition) is 4. The van der Waals surface area contributed by atoms with Crippen molar-refractivity contribution >= 4 is 6.29 Å². The van der Waals surface area contributed by atoms with Crippen molar-refractivity contribution in [1.82, 2.24) is 15.1 Å². The molecule has 0 saturated heterocycles. The maximum atomic E-state index is 12.9. The van der Waals surface area contributed by atoms with Crippen molar-refractivity contribution in [1.29, 1.82) is 0 Å². The molecule has 0 amide bonds. The second kappa shape index (κ2) is 9.15. The van der Waals surface area contributed by atoms with E-state index in [1.807, 2.05) is 25.1 Å². The Hall–Kier alpha value is -3.13. The summed E-state index contributed by atoms with van der Waals surface area (Å²) in [4.78, 5) is 14.6. The number of nitrogens with zero attached hydrogens (tertiary/aromatic N) is 2. The number of ether oxygens (including phenoxy) is 1. The Labute approximate surface area is 202 Å². The Bertz CT molecular complexity index is 1200. The van der Waals surface area contributed by atoms with Gasteiger partial charge in [-0.1, -0.05) is 37.5 Å². The molecule has 2 aliphatic rings. The van der Waals surface area contributed by atoms with Crippen LogP contribution in [-0.2, 0) is 29.7 Å². The molecule has 1 unspecified atom stereocenters. The predicted octanol–water partition coefficient (Wildman–Crippen LogP) is 6.24. The highest BCUT2D eigenvalue weighted by Gasteiger charge is 2.44. The zero-order chi connectivity index (χ0) is 24.6. The monoisotopic (exact) mass is 483 g/mol. The van der Waals surface area contributed by atoms with Crippen molar-refractivity contribution in [2.45, 2.75) is 69.9 Å². The van der Waals surface area contributed by atoms with Gasteiger partial charge in [-0.25, -0.2) is 0 Å². The van der Waals surface area contributed by atoms with Crippen molar-refractivity contribution in [3.8, 4) is 17.0 Å². The smallest absolute Gasteiger partial charge is 0.416 e. The maximum Gasteiger partial charge on any atom is 0.416 e. The minimum atomic E-state index is -4.38. The van der Waals surface area contributed by atoms with Gasteiger partial charge in [0.2, 0.25) is 0 Å². The SMILES string of the molecule is CC1(C=O)c2ccc(OCc3cn[nH]c3-c3ccc(C(F)(F)F)cc3)cc2CN1C1CCCCC1. The van der Waals surface area contributed by atoms with E-state index in [1.165, 1.54) is 31.4 Å². The highest BCUT2D eigenvalue weighted by Crippen LogP contribution is 2.43. The number of nitrogens with one attached hydrogen (secondary N) is 1. The number of hydrogen-bond donors (Lipinski definition) is 1. The van der Waals surface area contributed by atoms with Crippen LogP contribution in [0.25, 0.3) is 11.3 Å². The first-order valence-corrected chi connectivity index (χ1v) is 12.0. The van der Waals surface area contributed by atoms with E-state index in [4.69, 9.17) is 4.74 Å². The molecule has 3 aromatic rings. The fourth-order valence-electron chi connectivity index (χ4n) is 5.48. The molecule has 35 heavy (non-hydrogen) atoms. The third-order valence-electron chi connectivity index (χ3n) is 7.42. The van der Waals surface area contributed by atoms with Gasteiger partial charge in [0, 0.05) is 18.2 Å². The largest absolute Gasteiger partial charge is 0.489 e. The summed E-state index contributed by atoms with van der Waals surface area (Å²) in [5.41, 5.74) is 2.77. The zero-order valence-electron chi connectivity index (χ0n) is 19.6. The Morgan fingerprint density at radius 1 is 1.14 bits per heavy atom. The lowest BCUT2D eigenvalue weighted by Gasteiger charge is -2.39. The van der Waals surface area contributed by atoms with Crippen molar-refractivity contribution in [2.24, 2.45) is 0 Å². The molecule has 2 aromatic carbocycles. The molecule has 1 N–H and O–H groups in total. The van der Waals surface area contributed by atoms with Crippen LogP contribution in [0.2, 0.25) is 0 Å². The van der Waals surface area contributed by atoms with Crippen LogP contribution in [-0.4, -0.2) is 27.4 Å². The fourth-order valence-corrected chi connectivity index (χ4v) is 5.48. The molecule has 8 heteroatoms. The molecule has 1 aromatic heterocycles. The Balaban J connectivity index is 1.32. The summed E-state index contributed by atoms with van der Waals surface area (Å²) in [7, 11) is 0. The second-order valence-electron chi connectivity index (χ2n) is 9.64. The van der Waals surface area contributed by atoms with E-state index in [9.17, 15) is 18.0 Å². The molecule has 5 rings (SSSR count). The molecule has 1 saturated carbocycles. The first-order chi connectivity index (χ1) is 16.8. The number of fused-ring (bicyclic) bond motifs is 1. The summed E-state index contributed by atoms with van der Waals surface area (Å²) >= 11 is 0. The molecular formula is C27H28F3N3O2. The highest BCUT2D eigenvalue weighted by molar-refractivity contribution is 5.70. The molecular weight excluding hydrogens is 455 g/mol. The van der Waals surface area contributed by atoms with Gasteiger partial charge >= 0.3 is 6.18 Å². The second-order valence-corrected chi connectivity index (χ2v) is 9.64. The van der Waals surface area contributed by atoms with E-state index in [0.29, 0.717) is 23.0 Å². The number of rotatable bonds is 6. The van der Waals surface area contributed by atoms with Crippen LogP contribution < -0.4 is 4.74 Å². The molecule has 1 aliphatic carbocycles. The molecule has 0 spiro atoms. The quantitative estimate of drug-likeness (QED) is 0.422. The van der Waals surface area contributed by atoms with Crippen LogP contribution in [0.1, 0.15) is 61.3 Å². The average molecular weight is 484 g/mol. The van der Waals surface area contributed by atoms with Gasteiger partial charge in [0.15, 0.2) is 0 Å². The predicted molar refractivity (Wildman–Crippen MR) is 126 cm³/mol. The summed E-state index contributed by atoms with van der Waals surface area (Å²) in [6.45, 7) is 2.93. The lowest BCUT2D eigenvalue weighted by Crippen LogP contribution is -2.46. The topological polar surface area (TPSA) is 58.2 Å². The Morgan fingerprint density at radius 2 is 1.89 bits per heavy atom. The van der Waals surface area contributed by atoms with Crippen LogP contribution >= 0.6 is 0 Å². The third kappa shape index (κ3) is 4.47. The number of aldehydes is 1. The molecule has 2 heterocycles. The molecule has 5 nitrogen and oxygen atoms in total. The van der Waals surface area contributed by atoms with E-state index in [1.54, 1.807) is 6.20 Å². The van der Waals surface area contributed by atoms with Gasteiger partial charge in [-0.05, 0) is 60.7 Å². The fraction of sp³-hybridized carbons (Fsp3) is 0.407. The standard InChI is InChI=1S/C27H28F3N3O2/c1-26(17-34)24-12-11-23(13-19(24)15-33(26)22-5-3-2-4-6-22)35-16-20-14-31-32-25(20)18-7-9-21(10-8-18)27(28,29)30/h7-14,17,22H,2-6,15-16H2,1H3,(H,31,32). The lowest BCUT2D eigenvalue weighted by molar-refractivity contribution is -0.137. The number of benzene rings is 2. The summed E-state index contributed by atoms with van der Waals surface area (Å²) in [5, 5.41) is 6.92. The minimum absolute atomic E-state index is 0.211. The van der Waals surface area contributed by atoms with Crippen molar-refractivity contribution < 1.29 is 22.7 Å². The first kappa shape index (κ1) is 23.6. The lowest BCUT2D eigenvalue weighted by atomic mass is 9.88. The summed E-state index contributed by atoms with van der Waals surface area (Å²) in [6, 6.07) is 11.2. The van der Waals surface area contributed by atoms with E-state index in [2.05, 4.69) is 15.1 Å². The summed E-state index contributed by atoms with van der Waals surface area (Å²) in [5.74, 6) is 0.682. The Morgan fingerprint density at radius 3 is 2.57 bits per heavy atom. The van der Waals surface area contributed by atoms with Crippen LogP contribution in [0.4, 0.5) is 13.2 Å². The summed E-state index contributed by atoms with van der Waals surface area (Å²) < 4.78 is 44.7. The van der Waals surface area contributed by atoms with Crippen molar-refractivity contribution in [3.63, 3.8) is 0 Å². The van der Waals surface area contributed by atoms with Crippen LogP contribution in [0, 0.1) is 0 Å². The zero-order valence-corrected chi connectivity index (χ0v) is 19.6. The molecule has 0 bridgehead atoms. The maximum absolute atomic E-state index is 12.9. The van der Waals surface area contributed by atoms with Gasteiger partial charge in [0.1, 0.15) is 24.2 Å². The molecule has 184 valence electrons. The van der Waals surface area contributed by atoms with Gasteiger partial charge in [-0.15, -0.1) is 0 Å². The molecule has 1 aliphatic heterocycles. The average Bonchev–Trinajstić information content (AvgIpc) is 3.45. The van der Waals surface area contributed by atoms with Gasteiger partial charge in [-0.3, -0.25) is 10.00 Å². The van der Waals surface area contributed by atoms with E-state index in [-0.39, 0.29) is 6.61 Å². The third-order valence-corrected chi connectivity index (χ3v) is 7.42.